The zero-order valence-corrected chi connectivity index (χ0v) is 14.9. The third kappa shape index (κ3) is 5.46. The Labute approximate surface area is 157 Å². The first-order chi connectivity index (χ1) is 13.1. The summed E-state index contributed by atoms with van der Waals surface area (Å²) < 4.78 is 5.37. The normalized spacial score (nSPS) is 16.6. The molecule has 0 spiro atoms. The highest BCUT2D eigenvalue weighted by Gasteiger charge is 2.24. The van der Waals surface area contributed by atoms with Gasteiger partial charge in [0.2, 0.25) is 0 Å². The fourth-order valence-corrected chi connectivity index (χ4v) is 2.87. The molecule has 3 rings (SSSR count). The molecule has 0 aliphatic carbocycles. The van der Waals surface area contributed by atoms with Gasteiger partial charge >= 0.3 is 6.09 Å². The van der Waals surface area contributed by atoms with Crippen LogP contribution in [-0.2, 0) is 11.3 Å². The summed E-state index contributed by atoms with van der Waals surface area (Å²) in [5.74, 6) is -0.106. The van der Waals surface area contributed by atoms with E-state index in [0.29, 0.717) is 31.7 Å². The van der Waals surface area contributed by atoms with Crippen LogP contribution >= 0.6 is 0 Å². The van der Waals surface area contributed by atoms with Crippen molar-refractivity contribution in [3.8, 4) is 5.75 Å². The van der Waals surface area contributed by atoms with E-state index >= 15 is 0 Å². The van der Waals surface area contributed by atoms with Crippen LogP contribution in [0.1, 0.15) is 15.9 Å². The van der Waals surface area contributed by atoms with E-state index in [1.54, 1.807) is 17.0 Å². The first-order valence-corrected chi connectivity index (χ1v) is 8.88. The number of ether oxygens (including phenoxy) is 1. The summed E-state index contributed by atoms with van der Waals surface area (Å²) in [6.07, 6.45) is -0.352. The number of hydrogen-bond acceptors (Lipinski definition) is 5. The number of piperazine rings is 1. The van der Waals surface area contributed by atoms with E-state index in [0.717, 1.165) is 5.56 Å². The molecule has 0 saturated carbocycles. The smallest absolute Gasteiger partial charge is 0.410 e. The Morgan fingerprint density at radius 3 is 2.63 bits per heavy atom. The number of nitrogens with zero attached hydrogens (tertiary/aromatic N) is 1. The number of aromatic hydroxyl groups is 1. The van der Waals surface area contributed by atoms with Gasteiger partial charge in [0.25, 0.3) is 5.91 Å². The van der Waals surface area contributed by atoms with E-state index in [-0.39, 0.29) is 30.4 Å². The zero-order valence-electron chi connectivity index (χ0n) is 14.9. The molecule has 3 N–H and O–H groups in total. The highest BCUT2D eigenvalue weighted by atomic mass is 16.6. The lowest BCUT2D eigenvalue weighted by atomic mass is 10.2. The van der Waals surface area contributed by atoms with Gasteiger partial charge in [0, 0.05) is 37.8 Å². The maximum atomic E-state index is 12.3. The molecule has 27 heavy (non-hydrogen) atoms. The molecule has 7 nitrogen and oxygen atoms in total. The third-order valence-corrected chi connectivity index (χ3v) is 4.36. The molecule has 2 aromatic carbocycles. The van der Waals surface area contributed by atoms with E-state index in [9.17, 15) is 14.7 Å². The van der Waals surface area contributed by atoms with Crippen molar-refractivity contribution in [3.05, 3.63) is 65.7 Å². The Morgan fingerprint density at radius 1 is 1.15 bits per heavy atom. The molecular weight excluding hydrogens is 346 g/mol. The van der Waals surface area contributed by atoms with E-state index in [1.165, 1.54) is 12.1 Å². The molecular formula is C20H23N3O4. The van der Waals surface area contributed by atoms with Gasteiger partial charge in [0.05, 0.1) is 0 Å². The maximum Gasteiger partial charge on any atom is 0.410 e. The van der Waals surface area contributed by atoms with Crippen LogP contribution in [0.15, 0.2) is 54.6 Å². The van der Waals surface area contributed by atoms with Crippen molar-refractivity contribution in [3.63, 3.8) is 0 Å². The average molecular weight is 369 g/mol. The summed E-state index contributed by atoms with van der Waals surface area (Å²) in [6.45, 7) is 2.30. The molecule has 2 amide bonds. The van der Waals surface area contributed by atoms with Gasteiger partial charge in [0.1, 0.15) is 12.4 Å². The van der Waals surface area contributed by atoms with Crippen LogP contribution in [0, 0.1) is 0 Å². The number of amides is 2. The number of nitrogens with one attached hydrogen (secondary N) is 2. The van der Waals surface area contributed by atoms with Crippen molar-refractivity contribution in [2.24, 2.45) is 0 Å². The Kier molecular flexibility index (Phi) is 6.27. The maximum absolute atomic E-state index is 12.3. The van der Waals surface area contributed by atoms with Gasteiger partial charge in [-0.25, -0.2) is 4.79 Å². The minimum Gasteiger partial charge on any atom is -0.508 e. The minimum atomic E-state index is -0.352. The largest absolute Gasteiger partial charge is 0.508 e. The van der Waals surface area contributed by atoms with Crippen molar-refractivity contribution < 1.29 is 19.4 Å². The van der Waals surface area contributed by atoms with Gasteiger partial charge in [-0.1, -0.05) is 30.3 Å². The van der Waals surface area contributed by atoms with Crippen molar-refractivity contribution in [2.75, 3.05) is 26.2 Å². The van der Waals surface area contributed by atoms with Gasteiger partial charge in [-0.3, -0.25) is 4.79 Å². The molecule has 0 bridgehead atoms. The fraction of sp³-hybridized carbons (Fsp3) is 0.300. The third-order valence-electron chi connectivity index (χ3n) is 4.36. The molecule has 1 unspecified atom stereocenters. The minimum absolute atomic E-state index is 0.0518. The van der Waals surface area contributed by atoms with E-state index < -0.39 is 0 Å². The number of phenols is 1. The van der Waals surface area contributed by atoms with Crippen LogP contribution in [-0.4, -0.2) is 54.2 Å². The molecule has 0 aromatic heterocycles. The quantitative estimate of drug-likeness (QED) is 0.747. The first-order valence-electron chi connectivity index (χ1n) is 8.88. The number of rotatable bonds is 5. The Hall–Kier alpha value is -3.06. The van der Waals surface area contributed by atoms with Gasteiger partial charge in [-0.15, -0.1) is 0 Å². The van der Waals surface area contributed by atoms with Crippen molar-refractivity contribution in [1.82, 2.24) is 15.5 Å². The molecule has 1 saturated heterocycles. The topological polar surface area (TPSA) is 90.9 Å². The molecule has 1 atom stereocenters. The summed E-state index contributed by atoms with van der Waals surface area (Å²) in [4.78, 5) is 26.1. The summed E-state index contributed by atoms with van der Waals surface area (Å²) in [5.41, 5.74) is 1.42. The molecule has 7 heteroatoms. The predicted molar refractivity (Wildman–Crippen MR) is 100 cm³/mol. The van der Waals surface area contributed by atoms with Gasteiger partial charge < -0.3 is 25.4 Å². The number of hydrogen-bond donors (Lipinski definition) is 3. The lowest BCUT2D eigenvalue weighted by Gasteiger charge is -2.33. The summed E-state index contributed by atoms with van der Waals surface area (Å²) >= 11 is 0. The molecule has 142 valence electrons. The first kappa shape index (κ1) is 18.7. The second kappa shape index (κ2) is 9.05. The average Bonchev–Trinajstić information content (AvgIpc) is 2.71. The summed E-state index contributed by atoms with van der Waals surface area (Å²) in [5, 5.41) is 15.4. The molecule has 1 aliphatic rings. The van der Waals surface area contributed by atoms with Crippen LogP contribution in [0.5, 0.6) is 5.75 Å². The van der Waals surface area contributed by atoms with E-state index in [4.69, 9.17) is 4.74 Å². The summed E-state index contributed by atoms with van der Waals surface area (Å²) in [6, 6.07) is 15.6. The molecule has 0 radical (unpaired) electrons. The Balaban J connectivity index is 1.45. The number of carbonyl (C=O) groups excluding carboxylic acids is 2. The number of carbonyl (C=O) groups is 2. The van der Waals surface area contributed by atoms with Crippen LogP contribution in [0.4, 0.5) is 4.79 Å². The molecule has 1 heterocycles. The van der Waals surface area contributed by atoms with Gasteiger partial charge in [0.15, 0.2) is 0 Å². The Bertz CT molecular complexity index is 765. The monoisotopic (exact) mass is 369 g/mol. The Morgan fingerprint density at radius 2 is 1.89 bits per heavy atom. The highest BCUT2D eigenvalue weighted by Crippen LogP contribution is 2.10. The zero-order chi connectivity index (χ0) is 19.1. The second-order valence-electron chi connectivity index (χ2n) is 6.39. The van der Waals surface area contributed by atoms with Crippen LogP contribution in [0.3, 0.4) is 0 Å². The van der Waals surface area contributed by atoms with Gasteiger partial charge in [-0.2, -0.15) is 0 Å². The fourth-order valence-electron chi connectivity index (χ4n) is 2.87. The van der Waals surface area contributed by atoms with Crippen molar-refractivity contribution in [2.45, 2.75) is 12.6 Å². The highest BCUT2D eigenvalue weighted by molar-refractivity contribution is 5.94. The van der Waals surface area contributed by atoms with Crippen molar-refractivity contribution in [1.29, 1.82) is 0 Å². The van der Waals surface area contributed by atoms with Crippen LogP contribution in [0.2, 0.25) is 0 Å². The lowest BCUT2D eigenvalue weighted by Crippen LogP contribution is -2.56. The van der Waals surface area contributed by atoms with Crippen LogP contribution < -0.4 is 10.6 Å². The summed E-state index contributed by atoms with van der Waals surface area (Å²) in [7, 11) is 0. The number of phenolic OH excluding ortho intramolecular Hbond substituents is 1. The van der Waals surface area contributed by atoms with E-state index in [2.05, 4.69) is 10.6 Å². The number of benzene rings is 2. The van der Waals surface area contributed by atoms with Crippen molar-refractivity contribution >= 4 is 12.0 Å². The van der Waals surface area contributed by atoms with Crippen LogP contribution in [0.25, 0.3) is 0 Å². The van der Waals surface area contributed by atoms with E-state index in [1.807, 2.05) is 30.3 Å². The van der Waals surface area contributed by atoms with Gasteiger partial charge in [-0.05, 0) is 29.8 Å². The molecule has 1 aliphatic heterocycles. The predicted octanol–water partition coefficient (Wildman–Crippen LogP) is 1.73. The standard InChI is InChI=1S/C20H23N3O4/c24-18-8-6-16(7-9-18)19(25)22-12-17-13-23(11-10-21-17)20(26)27-14-15-4-2-1-3-5-15/h1-9,17,21,24H,10-14H2,(H,22,25). The molecule has 1 fully saturated rings. The SMILES string of the molecule is O=C(NCC1CN(C(=O)OCc2ccccc2)CCN1)c1ccc(O)cc1. The molecule has 2 aromatic rings. The second-order valence-corrected chi connectivity index (χ2v) is 6.39. The lowest BCUT2D eigenvalue weighted by molar-refractivity contribution is 0.0834.